The van der Waals surface area contributed by atoms with Crippen molar-refractivity contribution in [1.82, 2.24) is 0 Å². The van der Waals surface area contributed by atoms with Crippen molar-refractivity contribution in [3.8, 4) is 0 Å². The van der Waals surface area contributed by atoms with Gasteiger partial charge in [-0.2, -0.15) is 0 Å². The minimum atomic E-state index is -3.30. The van der Waals surface area contributed by atoms with E-state index in [1.54, 1.807) is 36.4 Å². The van der Waals surface area contributed by atoms with Crippen LogP contribution in [0.3, 0.4) is 0 Å². The molecule has 2 aromatic rings. The number of carbonyl (C=O) groups excluding carboxylic acids is 1. The Morgan fingerprint density at radius 2 is 1.59 bits per heavy atom. The average molecular weight is 390 g/mol. The molecule has 1 saturated heterocycles. The Labute approximate surface area is 159 Å². The summed E-state index contributed by atoms with van der Waals surface area (Å²) in [6.45, 7) is 3.93. The van der Waals surface area contributed by atoms with Crippen LogP contribution in [0.2, 0.25) is 0 Å². The molecule has 144 valence electrons. The number of benzene rings is 2. The fraction of sp³-hybridized carbons (Fsp3) is 0.381. The van der Waals surface area contributed by atoms with Crippen molar-refractivity contribution in [2.75, 3.05) is 6.26 Å². The highest BCUT2D eigenvalue weighted by atomic mass is 32.2. The van der Waals surface area contributed by atoms with Gasteiger partial charge in [-0.3, -0.25) is 4.79 Å². The van der Waals surface area contributed by atoms with E-state index in [9.17, 15) is 17.6 Å². The van der Waals surface area contributed by atoms with Crippen LogP contribution < -0.4 is 0 Å². The van der Waals surface area contributed by atoms with Gasteiger partial charge < -0.3 is 4.74 Å². The zero-order valence-corrected chi connectivity index (χ0v) is 16.4. The van der Waals surface area contributed by atoms with Gasteiger partial charge in [0.05, 0.1) is 10.8 Å². The van der Waals surface area contributed by atoms with E-state index in [1.807, 2.05) is 13.8 Å². The lowest BCUT2D eigenvalue weighted by Gasteiger charge is -2.31. The molecule has 0 saturated carbocycles. The molecular formula is C21H23FO4S. The Kier molecular flexibility index (Phi) is 5.12. The molecule has 1 fully saturated rings. The van der Waals surface area contributed by atoms with E-state index < -0.39 is 21.4 Å². The van der Waals surface area contributed by atoms with Crippen LogP contribution >= 0.6 is 0 Å². The average Bonchev–Trinajstić information content (AvgIpc) is 2.85. The standard InChI is InChI=1S/C21H23FO4S/c1-4-13-21(2)19(15-7-11-17(12-8-15)27(3,24)25)18(20(23)26-21)14-5-9-16(22)10-6-14/h5-12,18-19H,4,13H2,1-3H3. The minimum Gasteiger partial charge on any atom is -0.458 e. The molecule has 3 unspecified atom stereocenters. The Hall–Kier alpha value is -2.21. The summed E-state index contributed by atoms with van der Waals surface area (Å²) in [7, 11) is -3.30. The summed E-state index contributed by atoms with van der Waals surface area (Å²) in [6.07, 6.45) is 2.67. The first-order chi connectivity index (χ1) is 12.7. The first kappa shape index (κ1) is 19.5. The normalized spacial score (nSPS) is 25.4. The lowest BCUT2D eigenvalue weighted by Crippen LogP contribution is -2.31. The van der Waals surface area contributed by atoms with Gasteiger partial charge in [-0.25, -0.2) is 12.8 Å². The van der Waals surface area contributed by atoms with Crippen LogP contribution in [0.4, 0.5) is 4.39 Å². The van der Waals surface area contributed by atoms with Crippen LogP contribution in [-0.2, 0) is 19.4 Å². The van der Waals surface area contributed by atoms with E-state index in [2.05, 4.69) is 0 Å². The van der Waals surface area contributed by atoms with E-state index in [-0.39, 0.29) is 22.6 Å². The van der Waals surface area contributed by atoms with Crippen molar-refractivity contribution < 1.29 is 22.3 Å². The first-order valence-electron chi connectivity index (χ1n) is 8.94. The van der Waals surface area contributed by atoms with Crippen molar-refractivity contribution >= 4 is 15.8 Å². The van der Waals surface area contributed by atoms with E-state index in [4.69, 9.17) is 4.74 Å². The van der Waals surface area contributed by atoms with Crippen LogP contribution in [0, 0.1) is 5.82 Å². The zero-order valence-electron chi connectivity index (χ0n) is 15.6. The summed E-state index contributed by atoms with van der Waals surface area (Å²) in [5, 5.41) is 0. The third kappa shape index (κ3) is 3.76. The van der Waals surface area contributed by atoms with Crippen LogP contribution in [0.1, 0.15) is 49.7 Å². The van der Waals surface area contributed by atoms with Crippen molar-refractivity contribution in [1.29, 1.82) is 0 Å². The summed E-state index contributed by atoms with van der Waals surface area (Å²) >= 11 is 0. The van der Waals surface area contributed by atoms with E-state index in [1.165, 1.54) is 12.1 Å². The lowest BCUT2D eigenvalue weighted by atomic mass is 9.73. The molecule has 3 rings (SSSR count). The van der Waals surface area contributed by atoms with Gasteiger partial charge in [0, 0.05) is 12.2 Å². The first-order valence-corrected chi connectivity index (χ1v) is 10.8. The van der Waals surface area contributed by atoms with E-state index in [0.29, 0.717) is 12.0 Å². The highest BCUT2D eigenvalue weighted by Crippen LogP contribution is 2.51. The molecule has 0 spiro atoms. The molecule has 3 atom stereocenters. The molecule has 0 N–H and O–H groups in total. The number of cyclic esters (lactones) is 1. The van der Waals surface area contributed by atoms with Crippen LogP contribution in [0.15, 0.2) is 53.4 Å². The third-order valence-corrected chi connectivity index (χ3v) is 6.35. The number of hydrogen-bond acceptors (Lipinski definition) is 4. The fourth-order valence-electron chi connectivity index (χ4n) is 4.01. The molecule has 27 heavy (non-hydrogen) atoms. The SMILES string of the molecule is CCCC1(C)OC(=O)C(c2ccc(F)cc2)C1c1ccc(S(C)(=O)=O)cc1. The molecule has 6 heteroatoms. The van der Waals surface area contributed by atoms with Gasteiger partial charge >= 0.3 is 5.97 Å². The van der Waals surface area contributed by atoms with Gasteiger partial charge in [0.1, 0.15) is 11.4 Å². The fourth-order valence-corrected chi connectivity index (χ4v) is 4.64. The van der Waals surface area contributed by atoms with Gasteiger partial charge in [-0.15, -0.1) is 0 Å². The van der Waals surface area contributed by atoms with Crippen molar-refractivity contribution in [2.45, 2.75) is 49.0 Å². The summed E-state index contributed by atoms with van der Waals surface area (Å²) in [6, 6.07) is 12.5. The summed E-state index contributed by atoms with van der Waals surface area (Å²) in [5.74, 6) is -1.56. The molecule has 2 aromatic carbocycles. The molecule has 4 nitrogen and oxygen atoms in total. The highest BCUT2D eigenvalue weighted by molar-refractivity contribution is 7.90. The number of esters is 1. The summed E-state index contributed by atoms with van der Waals surface area (Å²) < 4.78 is 42.6. The quantitative estimate of drug-likeness (QED) is 0.718. The van der Waals surface area contributed by atoms with Gasteiger partial charge in [-0.05, 0) is 48.7 Å². The number of ether oxygens (including phenoxy) is 1. The smallest absolute Gasteiger partial charge is 0.314 e. The maximum absolute atomic E-state index is 13.3. The molecule has 0 amide bonds. The molecule has 0 bridgehead atoms. The number of halogens is 1. The number of carbonyl (C=O) groups is 1. The predicted octanol–water partition coefficient (Wildman–Crippen LogP) is 4.21. The van der Waals surface area contributed by atoms with Gasteiger partial charge in [0.15, 0.2) is 9.84 Å². The predicted molar refractivity (Wildman–Crippen MR) is 101 cm³/mol. The van der Waals surface area contributed by atoms with Gasteiger partial charge in [0.2, 0.25) is 0 Å². The van der Waals surface area contributed by atoms with Crippen molar-refractivity contribution in [2.24, 2.45) is 0 Å². The molecule has 0 aromatic heterocycles. The Morgan fingerprint density at radius 1 is 1.04 bits per heavy atom. The van der Waals surface area contributed by atoms with Crippen LogP contribution in [0.5, 0.6) is 0 Å². The number of rotatable bonds is 5. The molecule has 1 aliphatic rings. The molecule has 0 radical (unpaired) electrons. The van der Waals surface area contributed by atoms with Crippen LogP contribution in [0.25, 0.3) is 0 Å². The van der Waals surface area contributed by atoms with Crippen molar-refractivity contribution in [3.63, 3.8) is 0 Å². The van der Waals surface area contributed by atoms with Gasteiger partial charge in [0.25, 0.3) is 0 Å². The third-order valence-electron chi connectivity index (χ3n) is 5.22. The number of sulfone groups is 1. The second kappa shape index (κ2) is 7.08. The van der Waals surface area contributed by atoms with E-state index in [0.717, 1.165) is 18.2 Å². The van der Waals surface area contributed by atoms with Crippen LogP contribution in [-0.4, -0.2) is 26.2 Å². The molecular weight excluding hydrogens is 367 g/mol. The highest BCUT2D eigenvalue weighted by Gasteiger charge is 2.53. The maximum Gasteiger partial charge on any atom is 0.314 e. The summed E-state index contributed by atoms with van der Waals surface area (Å²) in [5.41, 5.74) is 0.814. The molecule has 1 heterocycles. The minimum absolute atomic E-state index is 0.229. The topological polar surface area (TPSA) is 60.4 Å². The Morgan fingerprint density at radius 3 is 2.11 bits per heavy atom. The summed E-state index contributed by atoms with van der Waals surface area (Å²) in [4.78, 5) is 13.0. The second-order valence-electron chi connectivity index (χ2n) is 7.33. The molecule has 0 aliphatic carbocycles. The lowest BCUT2D eigenvalue weighted by molar-refractivity contribution is -0.148. The molecule has 1 aliphatic heterocycles. The largest absolute Gasteiger partial charge is 0.458 e. The van der Waals surface area contributed by atoms with Gasteiger partial charge in [-0.1, -0.05) is 37.6 Å². The zero-order chi connectivity index (χ0) is 19.8. The number of hydrogen-bond donors (Lipinski definition) is 0. The van der Waals surface area contributed by atoms with E-state index >= 15 is 0 Å². The van der Waals surface area contributed by atoms with Crippen molar-refractivity contribution in [3.05, 3.63) is 65.5 Å². The Balaban J connectivity index is 2.09. The Bertz CT molecular complexity index is 935. The maximum atomic E-state index is 13.3. The second-order valence-corrected chi connectivity index (χ2v) is 9.35. The monoisotopic (exact) mass is 390 g/mol.